The Labute approximate surface area is 87.3 Å². The zero-order valence-electron chi connectivity index (χ0n) is 8.01. The molecular formula is C9H13FO4S. The second-order valence-electron chi connectivity index (χ2n) is 5.10. The zero-order valence-corrected chi connectivity index (χ0v) is 8.82. The summed E-state index contributed by atoms with van der Waals surface area (Å²) in [5.41, 5.74) is -0.275. The first kappa shape index (κ1) is 9.99. The molecule has 3 aliphatic rings. The molecule has 0 aliphatic heterocycles. The van der Waals surface area contributed by atoms with Crippen LogP contribution in [0.15, 0.2) is 0 Å². The molecule has 15 heavy (non-hydrogen) atoms. The summed E-state index contributed by atoms with van der Waals surface area (Å²) in [6, 6.07) is 0. The van der Waals surface area contributed by atoms with Crippen molar-refractivity contribution < 1.29 is 22.5 Å². The number of aliphatic hydroxyl groups excluding tert-OH is 2. The minimum Gasteiger partial charge on any atom is -0.390 e. The number of halogens is 1. The van der Waals surface area contributed by atoms with Gasteiger partial charge in [-0.1, -0.05) is 0 Å². The fourth-order valence-electron chi connectivity index (χ4n) is 3.88. The Morgan fingerprint density at radius 3 is 2.20 bits per heavy atom. The van der Waals surface area contributed by atoms with Crippen LogP contribution in [0.5, 0.6) is 0 Å². The Hall–Kier alpha value is -0.200. The van der Waals surface area contributed by atoms with Crippen LogP contribution in [0, 0.1) is 17.3 Å². The van der Waals surface area contributed by atoms with Crippen molar-refractivity contribution in [1.29, 1.82) is 0 Å². The van der Waals surface area contributed by atoms with Crippen molar-refractivity contribution in [3.63, 3.8) is 0 Å². The molecule has 0 unspecified atom stereocenters. The molecule has 5 atom stereocenters. The molecule has 0 saturated heterocycles. The van der Waals surface area contributed by atoms with Gasteiger partial charge in [-0.15, -0.1) is 3.89 Å². The van der Waals surface area contributed by atoms with E-state index in [4.69, 9.17) is 0 Å². The highest BCUT2D eigenvalue weighted by Gasteiger charge is 2.74. The fraction of sp³-hybridized carbons (Fsp3) is 1.00. The van der Waals surface area contributed by atoms with E-state index in [0.717, 1.165) is 12.8 Å². The Balaban J connectivity index is 2.03. The van der Waals surface area contributed by atoms with Gasteiger partial charge in [0.05, 0.1) is 17.5 Å². The molecule has 1 spiro atoms. The Bertz CT molecular complexity index is 402. The van der Waals surface area contributed by atoms with Crippen LogP contribution in [-0.4, -0.2) is 36.1 Å². The molecule has 0 amide bonds. The summed E-state index contributed by atoms with van der Waals surface area (Å²) < 4.78 is 34.9. The largest absolute Gasteiger partial charge is 0.390 e. The monoisotopic (exact) mass is 236 g/mol. The van der Waals surface area contributed by atoms with Crippen LogP contribution < -0.4 is 0 Å². The van der Waals surface area contributed by atoms with Gasteiger partial charge in [0, 0.05) is 5.92 Å². The molecule has 2 N–H and O–H groups in total. The lowest BCUT2D eigenvalue weighted by molar-refractivity contribution is -0.0152. The number of rotatable bonds is 1. The van der Waals surface area contributed by atoms with E-state index < -0.39 is 33.6 Å². The average Bonchev–Trinajstić information content (AvgIpc) is 2.74. The minimum atomic E-state index is -4.59. The third kappa shape index (κ3) is 1.05. The van der Waals surface area contributed by atoms with Crippen LogP contribution in [0.25, 0.3) is 0 Å². The predicted octanol–water partition coefficient (Wildman–Crippen LogP) is -0.194. The van der Waals surface area contributed by atoms with E-state index in [0.29, 0.717) is 0 Å². The molecule has 0 heterocycles. The second kappa shape index (κ2) is 2.55. The van der Waals surface area contributed by atoms with Crippen LogP contribution in [-0.2, 0) is 10.2 Å². The Kier molecular flexibility index (Phi) is 1.70. The second-order valence-corrected chi connectivity index (χ2v) is 6.65. The van der Waals surface area contributed by atoms with Gasteiger partial charge in [-0.3, -0.25) is 0 Å². The van der Waals surface area contributed by atoms with Crippen LogP contribution in [0.1, 0.15) is 19.3 Å². The molecule has 0 aromatic heterocycles. The third-order valence-electron chi connectivity index (χ3n) is 4.61. The first-order valence-electron chi connectivity index (χ1n) is 5.17. The Morgan fingerprint density at radius 2 is 1.80 bits per heavy atom. The highest BCUT2D eigenvalue weighted by molar-refractivity contribution is 7.87. The average molecular weight is 236 g/mol. The third-order valence-corrected chi connectivity index (χ3v) is 5.82. The SMILES string of the molecule is O=S(=O)(F)[C@H]1C[C@H]2[C@H](O)[C@H](O)[C@@H]1C21CC1. The lowest BCUT2D eigenvalue weighted by Crippen LogP contribution is -2.41. The minimum absolute atomic E-state index is 0.168. The number of hydrogen-bond acceptors (Lipinski definition) is 4. The van der Waals surface area contributed by atoms with Crippen molar-refractivity contribution in [1.82, 2.24) is 0 Å². The first-order chi connectivity index (χ1) is 6.88. The molecule has 0 aromatic rings. The number of aliphatic hydroxyl groups is 2. The molecule has 3 fully saturated rings. The van der Waals surface area contributed by atoms with Crippen molar-refractivity contribution in [3.8, 4) is 0 Å². The van der Waals surface area contributed by atoms with Crippen molar-refractivity contribution >= 4 is 10.2 Å². The van der Waals surface area contributed by atoms with Crippen molar-refractivity contribution in [2.75, 3.05) is 0 Å². The maximum absolute atomic E-state index is 13.0. The van der Waals surface area contributed by atoms with E-state index in [1.807, 2.05) is 0 Å². The van der Waals surface area contributed by atoms with Gasteiger partial charge >= 0.3 is 10.2 Å². The van der Waals surface area contributed by atoms with Crippen molar-refractivity contribution in [3.05, 3.63) is 0 Å². The highest BCUT2D eigenvalue weighted by atomic mass is 32.3. The van der Waals surface area contributed by atoms with Crippen LogP contribution >= 0.6 is 0 Å². The molecule has 3 saturated carbocycles. The molecular weight excluding hydrogens is 223 g/mol. The van der Waals surface area contributed by atoms with E-state index in [1.54, 1.807) is 0 Å². The maximum atomic E-state index is 13.0. The van der Waals surface area contributed by atoms with Gasteiger partial charge in [-0.05, 0) is 30.6 Å². The van der Waals surface area contributed by atoms with Gasteiger partial charge in [0.15, 0.2) is 0 Å². The van der Waals surface area contributed by atoms with Crippen molar-refractivity contribution in [2.24, 2.45) is 17.3 Å². The smallest absolute Gasteiger partial charge is 0.305 e. The summed E-state index contributed by atoms with van der Waals surface area (Å²) in [5, 5.41) is 18.3. The fourth-order valence-corrected chi connectivity index (χ4v) is 5.10. The summed E-state index contributed by atoms with van der Waals surface area (Å²) in [5.74, 6) is -0.819. The van der Waals surface area contributed by atoms with E-state index >= 15 is 0 Å². The lowest BCUT2D eigenvalue weighted by atomic mass is 9.94. The molecule has 3 rings (SSSR count). The van der Waals surface area contributed by atoms with Crippen LogP contribution in [0.2, 0.25) is 0 Å². The summed E-state index contributed by atoms with van der Waals surface area (Å²) in [7, 11) is -4.59. The normalized spacial score (nSPS) is 51.3. The standard InChI is InChI=1S/C9H13FO4S/c10-15(13,14)5-3-4-7(11)8(12)6(5)9(4)1-2-9/h4-8,11-12H,1-3H2/t4-,5-,6+,7-,8+/m0/s1. The molecule has 4 nitrogen and oxygen atoms in total. The van der Waals surface area contributed by atoms with Gasteiger partial charge in [0.25, 0.3) is 0 Å². The molecule has 0 radical (unpaired) electrons. The van der Waals surface area contributed by atoms with Crippen LogP contribution in [0.4, 0.5) is 3.89 Å². The number of hydrogen-bond donors (Lipinski definition) is 2. The van der Waals surface area contributed by atoms with Gasteiger partial charge in [0.2, 0.25) is 0 Å². The molecule has 2 bridgehead atoms. The van der Waals surface area contributed by atoms with E-state index in [1.165, 1.54) is 0 Å². The maximum Gasteiger partial charge on any atom is 0.305 e. The predicted molar refractivity (Wildman–Crippen MR) is 49.1 cm³/mol. The molecule has 3 aliphatic carbocycles. The van der Waals surface area contributed by atoms with E-state index in [2.05, 4.69) is 0 Å². The Morgan fingerprint density at radius 1 is 1.20 bits per heavy atom. The molecule has 86 valence electrons. The zero-order chi connectivity index (χ0) is 11.0. The summed E-state index contributed by atoms with van der Waals surface area (Å²) in [4.78, 5) is 0. The quantitative estimate of drug-likeness (QED) is 0.619. The topological polar surface area (TPSA) is 74.6 Å². The van der Waals surface area contributed by atoms with Gasteiger partial charge in [0.1, 0.15) is 0 Å². The van der Waals surface area contributed by atoms with E-state index in [-0.39, 0.29) is 17.8 Å². The van der Waals surface area contributed by atoms with Crippen LogP contribution in [0.3, 0.4) is 0 Å². The summed E-state index contributed by atoms with van der Waals surface area (Å²) >= 11 is 0. The highest BCUT2D eigenvalue weighted by Crippen LogP contribution is 2.72. The van der Waals surface area contributed by atoms with E-state index in [9.17, 15) is 22.5 Å². The van der Waals surface area contributed by atoms with Gasteiger partial charge in [-0.25, -0.2) is 0 Å². The van der Waals surface area contributed by atoms with Gasteiger partial charge < -0.3 is 10.2 Å². The summed E-state index contributed by atoms with van der Waals surface area (Å²) in [6.45, 7) is 0. The molecule has 0 aromatic carbocycles. The first-order valence-corrected chi connectivity index (χ1v) is 6.62. The van der Waals surface area contributed by atoms with Crippen molar-refractivity contribution in [2.45, 2.75) is 36.7 Å². The molecule has 6 heteroatoms. The van der Waals surface area contributed by atoms with Gasteiger partial charge in [-0.2, -0.15) is 8.42 Å². The lowest BCUT2D eigenvalue weighted by Gasteiger charge is -2.26. The summed E-state index contributed by atoms with van der Waals surface area (Å²) in [6.07, 6.45) is -0.149.